The van der Waals surface area contributed by atoms with Crippen molar-refractivity contribution in [3.05, 3.63) is 82.6 Å². The number of carbonyl (C=O) groups is 2. The second-order valence-corrected chi connectivity index (χ2v) is 8.99. The van der Waals surface area contributed by atoms with E-state index >= 15 is 4.39 Å². The lowest BCUT2D eigenvalue weighted by atomic mass is 10.0. The Kier molecular flexibility index (Phi) is 6.13. The van der Waals surface area contributed by atoms with Crippen molar-refractivity contribution >= 4 is 46.2 Å². The molecule has 0 unspecified atom stereocenters. The van der Waals surface area contributed by atoms with Crippen LogP contribution in [0.15, 0.2) is 47.2 Å². The van der Waals surface area contributed by atoms with E-state index in [0.717, 1.165) is 5.56 Å². The normalized spacial score (nSPS) is 14.9. The minimum Gasteiger partial charge on any atom is -0.438 e. The van der Waals surface area contributed by atoms with E-state index in [1.165, 1.54) is 17.4 Å². The van der Waals surface area contributed by atoms with Crippen molar-refractivity contribution in [1.82, 2.24) is 10.3 Å². The third-order valence-corrected chi connectivity index (χ3v) is 6.28. The molecule has 10 heteroatoms. The zero-order valence-electron chi connectivity index (χ0n) is 19.5. The first-order valence-electron chi connectivity index (χ1n) is 10.7. The lowest BCUT2D eigenvalue weighted by Crippen LogP contribution is -2.44. The molecule has 0 spiro atoms. The summed E-state index contributed by atoms with van der Waals surface area (Å²) in [7, 11) is 0. The van der Waals surface area contributed by atoms with Gasteiger partial charge in [0.25, 0.3) is 11.8 Å². The number of halogens is 1. The molecule has 2 aromatic carbocycles. The molecule has 3 aromatic rings. The molecule has 1 fully saturated rings. The molecule has 1 N–H and O–H groups in total. The molecule has 0 bridgehead atoms. The number of rotatable bonds is 5. The lowest BCUT2D eigenvalue weighted by molar-refractivity contribution is -0.120. The average Bonchev–Trinajstić information content (AvgIpc) is 3.31. The van der Waals surface area contributed by atoms with Crippen molar-refractivity contribution in [3.63, 3.8) is 0 Å². The number of benzene rings is 2. The summed E-state index contributed by atoms with van der Waals surface area (Å²) in [5.74, 6) is -1.24. The van der Waals surface area contributed by atoms with Gasteiger partial charge in [-0.15, -0.1) is 0 Å². The fraction of sp³-hybridized carbons (Fsp3) is 0.240. The number of aryl methyl sites for hydroxylation is 2. The molecular weight excluding hydrogens is 469 g/mol. The van der Waals surface area contributed by atoms with Crippen molar-refractivity contribution < 1.29 is 18.4 Å². The van der Waals surface area contributed by atoms with Crippen molar-refractivity contribution in [3.8, 4) is 0 Å². The van der Waals surface area contributed by atoms with E-state index < -0.39 is 17.3 Å². The van der Waals surface area contributed by atoms with E-state index in [2.05, 4.69) is 15.1 Å². The molecule has 0 atom stereocenters. The van der Waals surface area contributed by atoms with Crippen LogP contribution in [0.3, 0.4) is 0 Å². The molecule has 1 aliphatic rings. The Hall–Kier alpha value is -4.10. The van der Waals surface area contributed by atoms with Gasteiger partial charge in [-0.25, -0.2) is 14.2 Å². The molecule has 2 amide bonds. The van der Waals surface area contributed by atoms with Crippen LogP contribution in [0, 0.1) is 26.2 Å². The molecule has 0 aliphatic carbocycles. The summed E-state index contributed by atoms with van der Waals surface area (Å²) in [6.07, 6.45) is 1.17. The molecule has 1 aromatic heterocycles. The van der Waals surface area contributed by atoms with Gasteiger partial charge in [0.15, 0.2) is 17.2 Å². The van der Waals surface area contributed by atoms with E-state index in [4.69, 9.17) is 23.2 Å². The summed E-state index contributed by atoms with van der Waals surface area (Å²) in [5.41, 5.74) is 1.79. The van der Waals surface area contributed by atoms with Crippen LogP contribution in [0.25, 0.3) is 4.85 Å². The zero-order chi connectivity index (χ0) is 25.5. The van der Waals surface area contributed by atoms with Gasteiger partial charge in [-0.3, -0.25) is 14.5 Å². The van der Waals surface area contributed by atoms with Crippen LogP contribution in [0.2, 0.25) is 0 Å². The van der Waals surface area contributed by atoms with Crippen molar-refractivity contribution in [2.45, 2.75) is 39.8 Å². The van der Waals surface area contributed by atoms with Crippen LogP contribution < -0.4 is 15.1 Å². The topological polar surface area (TPSA) is 83.0 Å². The Labute approximate surface area is 207 Å². The fourth-order valence-electron chi connectivity index (χ4n) is 3.95. The second kappa shape index (κ2) is 8.92. The van der Waals surface area contributed by atoms with E-state index in [9.17, 15) is 9.59 Å². The van der Waals surface area contributed by atoms with E-state index in [1.54, 1.807) is 62.9 Å². The minimum absolute atomic E-state index is 0.0589. The number of oxazole rings is 1. The number of nitrogens with one attached hydrogen (secondary N) is 1. The minimum atomic E-state index is -1.07. The quantitative estimate of drug-likeness (QED) is 0.407. The predicted molar refractivity (Wildman–Crippen MR) is 133 cm³/mol. The highest BCUT2D eigenvalue weighted by molar-refractivity contribution is 7.81. The maximum Gasteiger partial charge on any atom is 0.289 e. The molecule has 178 valence electrons. The van der Waals surface area contributed by atoms with Gasteiger partial charge in [0, 0.05) is 23.5 Å². The van der Waals surface area contributed by atoms with Crippen LogP contribution in [-0.4, -0.2) is 27.4 Å². The Bertz CT molecular complexity index is 1410. The zero-order valence-corrected chi connectivity index (χ0v) is 20.4. The number of hydrogen-bond acceptors (Lipinski definition) is 5. The van der Waals surface area contributed by atoms with E-state index in [0.29, 0.717) is 22.8 Å². The number of amides is 2. The summed E-state index contributed by atoms with van der Waals surface area (Å²) in [4.78, 5) is 35.9. The molecule has 4 rings (SSSR count). The molecule has 0 radical (unpaired) electrons. The number of thiocarbonyl (C=S) groups is 1. The highest BCUT2D eigenvalue weighted by Crippen LogP contribution is 2.38. The number of hydrogen-bond donors (Lipinski definition) is 1. The van der Waals surface area contributed by atoms with Gasteiger partial charge in [0.05, 0.1) is 12.3 Å². The van der Waals surface area contributed by atoms with Crippen LogP contribution in [0.5, 0.6) is 0 Å². The second-order valence-electron chi connectivity index (χ2n) is 8.63. The maximum atomic E-state index is 15.0. The third-order valence-electron chi connectivity index (χ3n) is 5.91. The SMILES string of the molecule is [C-]#[N+]c1ccc(N2C(=O)C(C)(C)N(c3ccc(CNC(=O)c4ocnc4C)c(F)c3)C2=S)cc1C. The summed E-state index contributed by atoms with van der Waals surface area (Å²) >= 11 is 5.65. The summed E-state index contributed by atoms with van der Waals surface area (Å²) in [6.45, 7) is 14.0. The first-order valence-corrected chi connectivity index (χ1v) is 11.1. The highest BCUT2D eigenvalue weighted by Gasteiger charge is 2.50. The largest absolute Gasteiger partial charge is 0.438 e. The predicted octanol–water partition coefficient (Wildman–Crippen LogP) is 4.83. The van der Waals surface area contributed by atoms with Crippen LogP contribution >= 0.6 is 12.2 Å². The van der Waals surface area contributed by atoms with Crippen molar-refractivity contribution in [1.29, 1.82) is 0 Å². The van der Waals surface area contributed by atoms with E-state index in [1.807, 2.05) is 0 Å². The number of aromatic nitrogens is 1. The Morgan fingerprint density at radius 3 is 2.54 bits per heavy atom. The Balaban J connectivity index is 1.59. The highest BCUT2D eigenvalue weighted by atomic mass is 32.1. The van der Waals surface area contributed by atoms with Gasteiger partial charge < -0.3 is 14.6 Å². The monoisotopic (exact) mass is 491 g/mol. The van der Waals surface area contributed by atoms with Gasteiger partial charge in [-0.1, -0.05) is 12.1 Å². The Morgan fingerprint density at radius 1 is 1.23 bits per heavy atom. The first kappa shape index (κ1) is 24.0. The van der Waals surface area contributed by atoms with Gasteiger partial charge in [0.1, 0.15) is 11.4 Å². The average molecular weight is 492 g/mol. The standard InChI is InChI=1S/C25H22FN5O3S/c1-14-10-17(8-9-20(14)27-5)30-23(33)25(3,4)31(24(30)35)18-7-6-16(19(26)11-18)12-28-22(32)21-15(2)29-13-34-21/h6-11,13H,12H2,1-4H3,(H,28,32). The van der Waals surface area contributed by atoms with Gasteiger partial charge in [-0.05, 0) is 69.7 Å². The van der Waals surface area contributed by atoms with E-state index in [-0.39, 0.29) is 28.9 Å². The number of carbonyl (C=O) groups excluding carboxylic acids is 2. The lowest BCUT2D eigenvalue weighted by Gasteiger charge is -2.29. The fourth-order valence-corrected chi connectivity index (χ4v) is 4.48. The third kappa shape index (κ3) is 4.15. The van der Waals surface area contributed by atoms with Crippen LogP contribution in [0.4, 0.5) is 21.5 Å². The summed E-state index contributed by atoms with van der Waals surface area (Å²) in [6, 6.07) is 9.54. The summed E-state index contributed by atoms with van der Waals surface area (Å²) < 4.78 is 20.1. The number of nitrogens with zero attached hydrogens (tertiary/aromatic N) is 4. The van der Waals surface area contributed by atoms with Gasteiger partial charge in [-0.2, -0.15) is 0 Å². The van der Waals surface area contributed by atoms with Crippen LogP contribution in [0.1, 0.15) is 41.2 Å². The summed E-state index contributed by atoms with van der Waals surface area (Å²) in [5, 5.41) is 2.82. The molecule has 8 nitrogen and oxygen atoms in total. The number of anilines is 2. The Morgan fingerprint density at radius 2 is 1.94 bits per heavy atom. The molecular formula is C25H22FN5O3S. The molecule has 1 saturated heterocycles. The van der Waals surface area contributed by atoms with Crippen molar-refractivity contribution in [2.24, 2.45) is 0 Å². The first-order chi connectivity index (χ1) is 16.6. The molecule has 1 aliphatic heterocycles. The maximum absolute atomic E-state index is 15.0. The molecule has 0 saturated carbocycles. The molecule has 2 heterocycles. The van der Waals surface area contributed by atoms with Gasteiger partial charge >= 0.3 is 0 Å². The van der Waals surface area contributed by atoms with Crippen LogP contribution in [-0.2, 0) is 11.3 Å². The smallest absolute Gasteiger partial charge is 0.289 e. The van der Waals surface area contributed by atoms with Gasteiger partial charge in [0.2, 0.25) is 5.76 Å². The van der Waals surface area contributed by atoms with Crippen molar-refractivity contribution in [2.75, 3.05) is 9.80 Å². The molecule has 35 heavy (non-hydrogen) atoms.